The first-order valence-corrected chi connectivity index (χ1v) is 7.87. The predicted octanol–water partition coefficient (Wildman–Crippen LogP) is 1.86. The largest absolute Gasteiger partial charge is 0.369 e. The quantitative estimate of drug-likeness (QED) is 0.844. The highest BCUT2D eigenvalue weighted by Crippen LogP contribution is 2.19. The molecule has 22 heavy (non-hydrogen) atoms. The van der Waals surface area contributed by atoms with E-state index in [0.717, 1.165) is 18.5 Å². The van der Waals surface area contributed by atoms with Gasteiger partial charge < -0.3 is 15.2 Å². The number of aromatic nitrogens is 1. The minimum atomic E-state index is -0.317. The molecule has 1 saturated heterocycles. The Morgan fingerprint density at radius 1 is 1.41 bits per heavy atom. The Morgan fingerprint density at radius 2 is 2.14 bits per heavy atom. The van der Waals surface area contributed by atoms with E-state index in [-0.39, 0.29) is 17.7 Å². The lowest BCUT2D eigenvalue weighted by Crippen LogP contribution is -2.30. The zero-order valence-electron chi connectivity index (χ0n) is 13.6. The van der Waals surface area contributed by atoms with Crippen LogP contribution >= 0.6 is 0 Å². The number of hydrogen-bond donors (Lipinski definition) is 1. The maximum Gasteiger partial charge on any atom is 0.246 e. The molecule has 0 aromatic carbocycles. The van der Waals surface area contributed by atoms with Crippen molar-refractivity contribution in [2.45, 2.75) is 40.2 Å². The van der Waals surface area contributed by atoms with E-state index in [0.29, 0.717) is 19.5 Å². The van der Waals surface area contributed by atoms with Gasteiger partial charge in [0.1, 0.15) is 0 Å². The van der Waals surface area contributed by atoms with Gasteiger partial charge in [-0.3, -0.25) is 9.59 Å². The molecule has 5 heteroatoms. The Morgan fingerprint density at radius 3 is 2.73 bits per heavy atom. The zero-order chi connectivity index (χ0) is 16.3. The Balaban J connectivity index is 2.05. The second-order valence-electron chi connectivity index (χ2n) is 5.98. The Bertz CT molecular complexity index is 601. The van der Waals surface area contributed by atoms with Crippen LogP contribution in [0.15, 0.2) is 12.1 Å². The number of hydrogen-bond acceptors (Lipinski definition) is 2. The van der Waals surface area contributed by atoms with Gasteiger partial charge in [-0.25, -0.2) is 0 Å². The molecule has 0 unspecified atom stereocenters. The van der Waals surface area contributed by atoms with Crippen LogP contribution in [0.2, 0.25) is 0 Å². The molecule has 1 atom stereocenters. The number of likely N-dealkylation sites (tertiary alicyclic amines) is 1. The van der Waals surface area contributed by atoms with Crippen LogP contribution in [0.5, 0.6) is 0 Å². The van der Waals surface area contributed by atoms with Crippen molar-refractivity contribution < 1.29 is 9.59 Å². The van der Waals surface area contributed by atoms with Gasteiger partial charge in [0, 0.05) is 37.1 Å². The Hall–Kier alpha value is -2.04. The molecule has 0 bridgehead atoms. The topological polar surface area (TPSA) is 68.3 Å². The summed E-state index contributed by atoms with van der Waals surface area (Å²) in [5.74, 6) is -0.571. The molecule has 1 aliphatic heterocycles. The summed E-state index contributed by atoms with van der Waals surface area (Å²) in [6.07, 6.45) is 5.22. The number of primary amides is 1. The smallest absolute Gasteiger partial charge is 0.246 e. The number of amides is 2. The summed E-state index contributed by atoms with van der Waals surface area (Å²) < 4.78 is 2.27. The van der Waals surface area contributed by atoms with Crippen LogP contribution in [0, 0.1) is 19.8 Å². The molecule has 2 N–H and O–H groups in total. The molecule has 2 rings (SSSR count). The molecule has 2 heterocycles. The van der Waals surface area contributed by atoms with Gasteiger partial charge >= 0.3 is 0 Å². The minimum Gasteiger partial charge on any atom is -0.369 e. The van der Waals surface area contributed by atoms with Crippen LogP contribution in [-0.2, 0) is 16.1 Å². The molecule has 1 aliphatic rings. The van der Waals surface area contributed by atoms with Crippen molar-refractivity contribution in [2.24, 2.45) is 11.7 Å². The van der Waals surface area contributed by atoms with Crippen LogP contribution in [-0.4, -0.2) is 34.4 Å². The van der Waals surface area contributed by atoms with Crippen LogP contribution in [0.1, 0.15) is 36.7 Å². The van der Waals surface area contributed by atoms with Crippen LogP contribution in [0.25, 0.3) is 6.08 Å². The third-order valence-corrected chi connectivity index (χ3v) is 4.37. The summed E-state index contributed by atoms with van der Waals surface area (Å²) >= 11 is 0. The second kappa shape index (κ2) is 6.81. The average Bonchev–Trinajstić information content (AvgIpc) is 3.06. The normalized spacial score (nSPS) is 18.3. The van der Waals surface area contributed by atoms with Crippen molar-refractivity contribution >= 4 is 17.9 Å². The molecule has 1 aromatic rings. The van der Waals surface area contributed by atoms with Gasteiger partial charge in [0.15, 0.2) is 0 Å². The molecule has 120 valence electrons. The third kappa shape index (κ3) is 3.40. The highest BCUT2D eigenvalue weighted by Gasteiger charge is 2.28. The number of rotatable bonds is 5. The highest BCUT2D eigenvalue weighted by molar-refractivity contribution is 5.92. The van der Waals surface area contributed by atoms with Gasteiger partial charge in [-0.1, -0.05) is 6.92 Å². The Kier molecular flexibility index (Phi) is 5.06. The number of carbonyl (C=O) groups excluding carboxylic acids is 2. The van der Waals surface area contributed by atoms with Crippen molar-refractivity contribution in [2.75, 3.05) is 13.1 Å². The lowest BCUT2D eigenvalue weighted by molar-refractivity contribution is -0.125. The van der Waals surface area contributed by atoms with E-state index in [2.05, 4.69) is 31.4 Å². The summed E-state index contributed by atoms with van der Waals surface area (Å²) in [7, 11) is 0. The Labute approximate surface area is 131 Å². The van der Waals surface area contributed by atoms with E-state index in [1.54, 1.807) is 11.0 Å². The van der Waals surface area contributed by atoms with Gasteiger partial charge in [-0.2, -0.15) is 0 Å². The summed E-state index contributed by atoms with van der Waals surface area (Å²) in [5.41, 5.74) is 8.76. The molecule has 1 fully saturated rings. The second-order valence-corrected chi connectivity index (χ2v) is 5.98. The molecular weight excluding hydrogens is 278 g/mol. The van der Waals surface area contributed by atoms with E-state index < -0.39 is 0 Å². The minimum absolute atomic E-state index is 0.0518. The number of nitrogens with two attached hydrogens (primary N) is 1. The summed E-state index contributed by atoms with van der Waals surface area (Å²) in [6.45, 7) is 8.34. The van der Waals surface area contributed by atoms with Crippen molar-refractivity contribution in [1.82, 2.24) is 9.47 Å². The SMILES string of the molecule is CCCn1c(C)cc(/C=C/C(=O)N2CC[C@H](C(N)=O)C2)c1C. The molecule has 0 aliphatic carbocycles. The van der Waals surface area contributed by atoms with E-state index in [9.17, 15) is 9.59 Å². The highest BCUT2D eigenvalue weighted by atomic mass is 16.2. The number of carbonyl (C=O) groups is 2. The lowest BCUT2D eigenvalue weighted by Gasteiger charge is -2.13. The monoisotopic (exact) mass is 303 g/mol. The molecule has 2 amide bonds. The maximum absolute atomic E-state index is 12.2. The van der Waals surface area contributed by atoms with E-state index in [1.165, 1.54) is 11.4 Å². The molecule has 0 radical (unpaired) electrons. The number of aryl methyl sites for hydroxylation is 1. The van der Waals surface area contributed by atoms with E-state index >= 15 is 0 Å². The van der Waals surface area contributed by atoms with Crippen LogP contribution in [0.4, 0.5) is 0 Å². The number of nitrogens with zero attached hydrogens (tertiary/aromatic N) is 2. The fourth-order valence-electron chi connectivity index (χ4n) is 3.02. The van der Waals surface area contributed by atoms with Gasteiger partial charge in [-0.05, 0) is 44.4 Å². The fraction of sp³-hybridized carbons (Fsp3) is 0.529. The van der Waals surface area contributed by atoms with Crippen molar-refractivity contribution in [3.05, 3.63) is 29.1 Å². The van der Waals surface area contributed by atoms with Gasteiger partial charge in [0.25, 0.3) is 0 Å². The first-order valence-electron chi connectivity index (χ1n) is 7.87. The van der Waals surface area contributed by atoms with Crippen molar-refractivity contribution in [3.8, 4) is 0 Å². The molecule has 0 spiro atoms. The van der Waals surface area contributed by atoms with Gasteiger partial charge in [0.05, 0.1) is 5.92 Å². The van der Waals surface area contributed by atoms with Gasteiger partial charge in [0.2, 0.25) is 11.8 Å². The predicted molar refractivity (Wildman–Crippen MR) is 87.1 cm³/mol. The van der Waals surface area contributed by atoms with Crippen molar-refractivity contribution in [1.29, 1.82) is 0 Å². The molecule has 0 saturated carbocycles. The van der Waals surface area contributed by atoms with Crippen LogP contribution in [0.3, 0.4) is 0 Å². The molecule has 1 aromatic heterocycles. The summed E-state index contributed by atoms with van der Waals surface area (Å²) in [6, 6.07) is 2.10. The van der Waals surface area contributed by atoms with Gasteiger partial charge in [-0.15, -0.1) is 0 Å². The molecular formula is C17H25N3O2. The average molecular weight is 303 g/mol. The summed E-state index contributed by atoms with van der Waals surface area (Å²) in [5, 5.41) is 0. The first-order chi connectivity index (χ1) is 10.4. The first kappa shape index (κ1) is 16.3. The fourth-order valence-corrected chi connectivity index (χ4v) is 3.02. The van der Waals surface area contributed by atoms with E-state index in [4.69, 9.17) is 5.73 Å². The van der Waals surface area contributed by atoms with E-state index in [1.807, 2.05) is 6.08 Å². The molecule has 5 nitrogen and oxygen atoms in total. The zero-order valence-corrected chi connectivity index (χ0v) is 13.6. The summed E-state index contributed by atoms with van der Waals surface area (Å²) in [4.78, 5) is 25.0. The van der Waals surface area contributed by atoms with Crippen LogP contribution < -0.4 is 5.73 Å². The lowest BCUT2D eigenvalue weighted by atomic mass is 10.1. The van der Waals surface area contributed by atoms with Crippen molar-refractivity contribution in [3.63, 3.8) is 0 Å². The maximum atomic E-state index is 12.2. The third-order valence-electron chi connectivity index (χ3n) is 4.37. The standard InChI is InChI=1S/C17H25N3O2/c1-4-8-20-12(2)10-14(13(20)3)5-6-16(21)19-9-7-15(11-19)17(18)22/h5-6,10,15H,4,7-9,11H2,1-3H3,(H2,18,22)/b6-5+/t15-/m0/s1.